The number of cyclic esters (lactones) is 1. The van der Waals surface area contributed by atoms with Gasteiger partial charge in [0.2, 0.25) is 0 Å². The van der Waals surface area contributed by atoms with Crippen molar-refractivity contribution >= 4 is 11.7 Å². The predicted octanol–water partition coefficient (Wildman–Crippen LogP) is 3.22. The molecule has 1 saturated heterocycles. The lowest BCUT2D eigenvalue weighted by Gasteiger charge is -2.16. The molecule has 23 heavy (non-hydrogen) atoms. The molecule has 4 nitrogen and oxygen atoms in total. The molecular weight excluding hydrogens is 318 g/mol. The molecule has 1 fully saturated rings. The van der Waals surface area contributed by atoms with Crippen LogP contribution in [0.4, 0.5) is 23.2 Å². The minimum absolute atomic E-state index is 0.164. The van der Waals surface area contributed by atoms with Gasteiger partial charge in [-0.3, -0.25) is 0 Å². The monoisotopic (exact) mass is 335 g/mol. The standard InChI is InChI=1S/C15H17F4NO3/c1-9-5-12(13(21)23-9)20-11-4-2-3-10(6-11)7-22-8-15(18,19)14(16)17/h2-4,6,9,12,14,20H,5,7-8H2,1H3/t9-,12-/m1/s1. The molecule has 0 aliphatic carbocycles. The van der Waals surface area contributed by atoms with Crippen molar-refractivity contribution in [2.75, 3.05) is 11.9 Å². The second-order valence-electron chi connectivity index (χ2n) is 5.44. The van der Waals surface area contributed by atoms with Crippen molar-refractivity contribution in [3.8, 4) is 0 Å². The van der Waals surface area contributed by atoms with E-state index in [2.05, 4.69) is 10.1 Å². The van der Waals surface area contributed by atoms with Crippen molar-refractivity contribution < 1.29 is 31.8 Å². The van der Waals surface area contributed by atoms with E-state index in [1.165, 1.54) is 0 Å². The Labute approximate surface area is 130 Å². The maximum Gasteiger partial charge on any atom is 0.330 e. The first-order valence-corrected chi connectivity index (χ1v) is 7.07. The van der Waals surface area contributed by atoms with Crippen molar-refractivity contribution in [1.82, 2.24) is 0 Å². The number of hydrogen-bond acceptors (Lipinski definition) is 4. The zero-order valence-corrected chi connectivity index (χ0v) is 12.4. The number of anilines is 1. The lowest BCUT2D eigenvalue weighted by atomic mass is 10.1. The number of halogens is 4. The van der Waals surface area contributed by atoms with E-state index in [1.807, 2.05) is 0 Å². The summed E-state index contributed by atoms with van der Waals surface area (Å²) in [6.45, 7) is 0.200. The van der Waals surface area contributed by atoms with E-state index >= 15 is 0 Å². The number of hydrogen-bond donors (Lipinski definition) is 1. The van der Waals surface area contributed by atoms with Gasteiger partial charge < -0.3 is 14.8 Å². The molecule has 1 N–H and O–H groups in total. The van der Waals surface area contributed by atoms with Gasteiger partial charge in [0.05, 0.1) is 6.61 Å². The third-order valence-electron chi connectivity index (χ3n) is 3.32. The number of carbonyl (C=O) groups excluding carboxylic acids is 1. The van der Waals surface area contributed by atoms with Gasteiger partial charge in [-0.05, 0) is 24.6 Å². The molecule has 2 rings (SSSR count). The van der Waals surface area contributed by atoms with Crippen LogP contribution in [0, 0.1) is 0 Å². The zero-order chi connectivity index (χ0) is 17.0. The highest BCUT2D eigenvalue weighted by atomic mass is 19.3. The molecule has 1 aromatic rings. The molecule has 128 valence electrons. The van der Waals surface area contributed by atoms with Gasteiger partial charge >= 0.3 is 18.3 Å². The number of benzene rings is 1. The summed E-state index contributed by atoms with van der Waals surface area (Å²) >= 11 is 0. The fourth-order valence-electron chi connectivity index (χ4n) is 2.19. The summed E-state index contributed by atoms with van der Waals surface area (Å²) < 4.78 is 59.2. The van der Waals surface area contributed by atoms with Crippen LogP contribution in [0.25, 0.3) is 0 Å². The Morgan fingerprint density at radius 1 is 1.43 bits per heavy atom. The first-order chi connectivity index (χ1) is 10.8. The highest BCUT2D eigenvalue weighted by molar-refractivity contribution is 5.81. The normalized spacial score (nSPS) is 21.6. The van der Waals surface area contributed by atoms with E-state index in [9.17, 15) is 22.4 Å². The van der Waals surface area contributed by atoms with Gasteiger partial charge in [-0.1, -0.05) is 12.1 Å². The topological polar surface area (TPSA) is 47.6 Å². The SMILES string of the molecule is C[C@@H]1C[C@@H](Nc2cccc(COCC(F)(F)C(F)F)c2)C(=O)O1. The molecule has 0 radical (unpaired) electrons. The smallest absolute Gasteiger partial charge is 0.330 e. The Morgan fingerprint density at radius 3 is 2.78 bits per heavy atom. The molecular formula is C15H17F4NO3. The van der Waals surface area contributed by atoms with Crippen LogP contribution in [0.1, 0.15) is 18.9 Å². The van der Waals surface area contributed by atoms with E-state index in [-0.39, 0.29) is 18.7 Å². The molecule has 1 aliphatic heterocycles. The Morgan fingerprint density at radius 2 is 2.17 bits per heavy atom. The Hall–Kier alpha value is -1.83. The fraction of sp³-hybridized carbons (Fsp3) is 0.533. The van der Waals surface area contributed by atoms with Crippen LogP contribution in [0.5, 0.6) is 0 Å². The van der Waals surface area contributed by atoms with E-state index in [1.54, 1.807) is 31.2 Å². The van der Waals surface area contributed by atoms with Crippen LogP contribution in [0.15, 0.2) is 24.3 Å². The zero-order valence-electron chi connectivity index (χ0n) is 12.4. The minimum atomic E-state index is -4.17. The molecule has 8 heteroatoms. The van der Waals surface area contributed by atoms with Crippen molar-refractivity contribution in [1.29, 1.82) is 0 Å². The summed E-state index contributed by atoms with van der Waals surface area (Å²) in [5.41, 5.74) is 1.13. The summed E-state index contributed by atoms with van der Waals surface area (Å²) in [5, 5.41) is 2.99. The molecule has 0 amide bonds. The van der Waals surface area contributed by atoms with Gasteiger partial charge in [0, 0.05) is 12.1 Å². The van der Waals surface area contributed by atoms with Crippen molar-refractivity contribution in [3.05, 3.63) is 29.8 Å². The van der Waals surface area contributed by atoms with Gasteiger partial charge in [-0.15, -0.1) is 0 Å². The summed E-state index contributed by atoms with van der Waals surface area (Å²) in [7, 11) is 0. The van der Waals surface area contributed by atoms with Gasteiger partial charge in [-0.2, -0.15) is 8.78 Å². The largest absolute Gasteiger partial charge is 0.461 e. The van der Waals surface area contributed by atoms with Gasteiger partial charge in [0.25, 0.3) is 0 Å². The van der Waals surface area contributed by atoms with Crippen LogP contribution in [0.3, 0.4) is 0 Å². The fourth-order valence-corrected chi connectivity index (χ4v) is 2.19. The van der Waals surface area contributed by atoms with E-state index < -0.39 is 25.0 Å². The number of carbonyl (C=O) groups is 1. The third-order valence-corrected chi connectivity index (χ3v) is 3.32. The van der Waals surface area contributed by atoms with Gasteiger partial charge in [-0.25, -0.2) is 13.6 Å². The first kappa shape index (κ1) is 17.5. The second-order valence-corrected chi connectivity index (χ2v) is 5.44. The second kappa shape index (κ2) is 7.16. The van der Waals surface area contributed by atoms with E-state index in [0.717, 1.165) is 0 Å². The minimum Gasteiger partial charge on any atom is -0.461 e. The van der Waals surface area contributed by atoms with Crippen LogP contribution < -0.4 is 5.32 Å². The molecule has 2 atom stereocenters. The average Bonchev–Trinajstić information content (AvgIpc) is 2.77. The predicted molar refractivity (Wildman–Crippen MR) is 74.6 cm³/mol. The summed E-state index contributed by atoms with van der Waals surface area (Å²) in [4.78, 5) is 11.6. The van der Waals surface area contributed by atoms with Crippen molar-refractivity contribution in [2.45, 2.75) is 44.4 Å². The lowest BCUT2D eigenvalue weighted by molar-refractivity contribution is -0.168. The maximum absolute atomic E-state index is 12.7. The molecule has 0 aromatic heterocycles. The van der Waals surface area contributed by atoms with Crippen LogP contribution in [0.2, 0.25) is 0 Å². The van der Waals surface area contributed by atoms with Gasteiger partial charge in [0.15, 0.2) is 0 Å². The molecule has 0 spiro atoms. The number of rotatable bonds is 7. The van der Waals surface area contributed by atoms with Crippen molar-refractivity contribution in [3.63, 3.8) is 0 Å². The maximum atomic E-state index is 12.7. The van der Waals surface area contributed by atoms with Crippen LogP contribution in [-0.2, 0) is 20.9 Å². The van der Waals surface area contributed by atoms with E-state index in [4.69, 9.17) is 4.74 Å². The van der Waals surface area contributed by atoms with Gasteiger partial charge in [0.1, 0.15) is 18.8 Å². The van der Waals surface area contributed by atoms with Crippen LogP contribution in [-0.4, -0.2) is 37.1 Å². The average molecular weight is 335 g/mol. The summed E-state index contributed by atoms with van der Waals surface area (Å²) in [5.74, 6) is -4.52. The number of alkyl halides is 4. The molecule has 0 bridgehead atoms. The summed E-state index contributed by atoms with van der Waals surface area (Å²) in [6, 6.07) is 6.10. The number of nitrogens with one attached hydrogen (secondary N) is 1. The number of esters is 1. The molecule has 0 saturated carbocycles. The Kier molecular flexibility index (Phi) is 5.46. The quantitative estimate of drug-likeness (QED) is 0.614. The molecule has 1 aromatic carbocycles. The summed E-state index contributed by atoms with van der Waals surface area (Å²) in [6.07, 6.45) is -3.39. The Bertz CT molecular complexity index is 553. The number of ether oxygens (including phenoxy) is 2. The molecule has 1 heterocycles. The molecule has 1 aliphatic rings. The van der Waals surface area contributed by atoms with E-state index in [0.29, 0.717) is 17.7 Å². The lowest BCUT2D eigenvalue weighted by Crippen LogP contribution is -2.32. The highest BCUT2D eigenvalue weighted by Gasteiger charge is 2.40. The molecule has 0 unspecified atom stereocenters. The first-order valence-electron chi connectivity index (χ1n) is 7.07. The van der Waals surface area contributed by atoms with Crippen LogP contribution >= 0.6 is 0 Å². The third kappa shape index (κ3) is 4.82. The highest BCUT2D eigenvalue weighted by Crippen LogP contribution is 2.24. The Balaban J connectivity index is 1.89. The van der Waals surface area contributed by atoms with Crippen molar-refractivity contribution in [2.24, 2.45) is 0 Å².